The zero-order valence-electron chi connectivity index (χ0n) is 14.6. The number of methoxy groups -OCH3 is 2. The van der Waals surface area contributed by atoms with Gasteiger partial charge in [-0.2, -0.15) is 0 Å². The number of nitro groups is 1. The lowest BCUT2D eigenvalue weighted by Crippen LogP contribution is -2.29. The van der Waals surface area contributed by atoms with Crippen LogP contribution in [0.25, 0.3) is 0 Å². The highest BCUT2D eigenvalue weighted by atomic mass is 16.6. The second-order valence-electron chi connectivity index (χ2n) is 6.62. The van der Waals surface area contributed by atoms with Crippen LogP contribution in [0.3, 0.4) is 0 Å². The summed E-state index contributed by atoms with van der Waals surface area (Å²) in [6, 6.07) is 10.8. The Morgan fingerprint density at radius 3 is 2.77 bits per heavy atom. The molecular weight excluding hydrogens is 332 g/mol. The summed E-state index contributed by atoms with van der Waals surface area (Å²) in [5.74, 6) is 1.99. The van der Waals surface area contributed by atoms with Crippen LogP contribution in [0.4, 0.5) is 11.4 Å². The number of hydrogen-bond donors (Lipinski definition) is 1. The largest absolute Gasteiger partial charge is 0.497 e. The molecule has 1 aliphatic heterocycles. The van der Waals surface area contributed by atoms with Crippen LogP contribution < -0.4 is 14.8 Å². The molecule has 0 amide bonds. The molecule has 0 radical (unpaired) electrons. The third-order valence-electron chi connectivity index (χ3n) is 5.30. The lowest BCUT2D eigenvalue weighted by atomic mass is 9.76. The van der Waals surface area contributed by atoms with Gasteiger partial charge >= 0.3 is 0 Å². The summed E-state index contributed by atoms with van der Waals surface area (Å²) in [7, 11) is 3.28. The fourth-order valence-electron chi connectivity index (χ4n) is 4.08. The Morgan fingerprint density at radius 2 is 2.04 bits per heavy atom. The summed E-state index contributed by atoms with van der Waals surface area (Å²) in [4.78, 5) is 10.8. The Labute approximate surface area is 151 Å². The smallest absolute Gasteiger partial charge is 0.269 e. The molecule has 2 aromatic rings. The van der Waals surface area contributed by atoms with Crippen molar-refractivity contribution in [3.05, 3.63) is 69.8 Å². The second-order valence-corrected chi connectivity index (χ2v) is 6.62. The van der Waals surface area contributed by atoms with Gasteiger partial charge in [-0.15, -0.1) is 0 Å². The van der Waals surface area contributed by atoms with Crippen molar-refractivity contribution in [2.24, 2.45) is 5.92 Å². The molecule has 0 saturated carbocycles. The molecule has 0 bridgehead atoms. The van der Waals surface area contributed by atoms with Crippen molar-refractivity contribution in [3.8, 4) is 11.5 Å². The number of non-ortho nitro benzene ring substituents is 1. The summed E-state index contributed by atoms with van der Waals surface area (Å²) < 4.78 is 11.0. The van der Waals surface area contributed by atoms with Gasteiger partial charge in [-0.05, 0) is 29.5 Å². The molecule has 1 heterocycles. The van der Waals surface area contributed by atoms with E-state index in [1.54, 1.807) is 26.4 Å². The Bertz CT molecular complexity index is 893. The molecule has 0 aromatic heterocycles. The SMILES string of the molecule is COc1cc(OC)c2c(c1)[C@H]1C=CC[C@@H]1[C@@H](c1cccc([N+](=O)[O-])c1)N2. The van der Waals surface area contributed by atoms with E-state index in [-0.39, 0.29) is 22.6 Å². The number of rotatable bonds is 4. The molecule has 1 N–H and O–H groups in total. The third-order valence-corrected chi connectivity index (χ3v) is 5.30. The van der Waals surface area contributed by atoms with Gasteiger partial charge < -0.3 is 14.8 Å². The van der Waals surface area contributed by atoms with Crippen LogP contribution in [-0.4, -0.2) is 19.1 Å². The van der Waals surface area contributed by atoms with Gasteiger partial charge in [0.05, 0.1) is 30.9 Å². The summed E-state index contributed by atoms with van der Waals surface area (Å²) in [5, 5.41) is 14.8. The third kappa shape index (κ3) is 2.58. The monoisotopic (exact) mass is 352 g/mol. The van der Waals surface area contributed by atoms with Gasteiger partial charge in [-0.3, -0.25) is 10.1 Å². The van der Waals surface area contributed by atoms with E-state index >= 15 is 0 Å². The topological polar surface area (TPSA) is 73.6 Å². The van der Waals surface area contributed by atoms with Crippen molar-refractivity contribution in [2.75, 3.05) is 19.5 Å². The molecule has 0 fully saturated rings. The molecule has 26 heavy (non-hydrogen) atoms. The van der Waals surface area contributed by atoms with E-state index in [1.807, 2.05) is 18.2 Å². The lowest BCUT2D eigenvalue weighted by Gasteiger charge is -2.38. The zero-order valence-corrected chi connectivity index (χ0v) is 14.6. The molecule has 2 aromatic carbocycles. The fraction of sp³-hybridized carbons (Fsp3) is 0.300. The van der Waals surface area contributed by atoms with Gasteiger partial charge in [0.1, 0.15) is 11.5 Å². The van der Waals surface area contributed by atoms with Crippen LogP contribution in [0, 0.1) is 16.0 Å². The maximum absolute atomic E-state index is 11.2. The number of nitro benzene ring substituents is 1. The average Bonchev–Trinajstić information content (AvgIpc) is 3.16. The number of allylic oxidation sites excluding steroid dienone is 2. The highest BCUT2D eigenvalue weighted by Crippen LogP contribution is 2.53. The first-order valence-electron chi connectivity index (χ1n) is 8.56. The molecule has 0 spiro atoms. The van der Waals surface area contributed by atoms with E-state index in [2.05, 4.69) is 17.5 Å². The highest BCUT2D eigenvalue weighted by molar-refractivity contribution is 5.70. The number of hydrogen-bond acceptors (Lipinski definition) is 5. The number of anilines is 1. The van der Waals surface area contributed by atoms with Crippen LogP contribution in [0.1, 0.15) is 29.5 Å². The molecule has 4 rings (SSSR count). The van der Waals surface area contributed by atoms with Crippen LogP contribution in [0.15, 0.2) is 48.6 Å². The number of nitrogens with one attached hydrogen (secondary N) is 1. The molecule has 134 valence electrons. The van der Waals surface area contributed by atoms with Crippen molar-refractivity contribution in [1.82, 2.24) is 0 Å². The summed E-state index contributed by atoms with van der Waals surface area (Å²) >= 11 is 0. The van der Waals surface area contributed by atoms with Crippen molar-refractivity contribution < 1.29 is 14.4 Å². The van der Waals surface area contributed by atoms with Crippen molar-refractivity contribution in [2.45, 2.75) is 18.4 Å². The van der Waals surface area contributed by atoms with Crippen molar-refractivity contribution >= 4 is 11.4 Å². The predicted octanol–water partition coefficient (Wildman–Crippen LogP) is 4.44. The molecule has 0 unspecified atom stereocenters. The summed E-state index contributed by atoms with van der Waals surface area (Å²) in [5.41, 5.74) is 3.10. The molecular formula is C20H20N2O4. The number of ether oxygens (including phenoxy) is 2. The minimum atomic E-state index is -0.351. The number of fused-ring (bicyclic) bond motifs is 3. The zero-order chi connectivity index (χ0) is 18.3. The minimum Gasteiger partial charge on any atom is -0.497 e. The van der Waals surface area contributed by atoms with Crippen LogP contribution in [0.5, 0.6) is 11.5 Å². The van der Waals surface area contributed by atoms with Gasteiger partial charge in [0, 0.05) is 24.1 Å². The van der Waals surface area contributed by atoms with Crippen LogP contribution in [0.2, 0.25) is 0 Å². The van der Waals surface area contributed by atoms with Crippen LogP contribution >= 0.6 is 0 Å². The predicted molar refractivity (Wildman–Crippen MR) is 99.0 cm³/mol. The summed E-state index contributed by atoms with van der Waals surface area (Å²) in [6.07, 6.45) is 5.32. The van der Waals surface area contributed by atoms with Crippen molar-refractivity contribution in [1.29, 1.82) is 0 Å². The van der Waals surface area contributed by atoms with Gasteiger partial charge in [0.25, 0.3) is 5.69 Å². The highest BCUT2D eigenvalue weighted by Gasteiger charge is 2.39. The Morgan fingerprint density at radius 1 is 1.19 bits per heavy atom. The van der Waals surface area contributed by atoms with Gasteiger partial charge in [0.2, 0.25) is 0 Å². The molecule has 1 aliphatic carbocycles. The Balaban J connectivity index is 1.82. The van der Waals surface area contributed by atoms with E-state index in [9.17, 15) is 10.1 Å². The minimum absolute atomic E-state index is 0.0234. The average molecular weight is 352 g/mol. The number of nitrogens with zero attached hydrogens (tertiary/aromatic N) is 1. The lowest BCUT2D eigenvalue weighted by molar-refractivity contribution is -0.384. The van der Waals surface area contributed by atoms with Gasteiger partial charge in [-0.1, -0.05) is 24.3 Å². The first-order valence-corrected chi connectivity index (χ1v) is 8.56. The van der Waals surface area contributed by atoms with E-state index in [1.165, 1.54) is 6.07 Å². The Kier molecular flexibility index (Phi) is 4.03. The quantitative estimate of drug-likeness (QED) is 0.500. The second kappa shape index (κ2) is 6.37. The van der Waals surface area contributed by atoms with E-state index < -0.39 is 0 Å². The van der Waals surface area contributed by atoms with E-state index in [0.717, 1.165) is 29.0 Å². The molecule has 2 aliphatic rings. The molecule has 0 saturated heterocycles. The van der Waals surface area contributed by atoms with Crippen molar-refractivity contribution in [3.63, 3.8) is 0 Å². The van der Waals surface area contributed by atoms with E-state index in [4.69, 9.17) is 9.47 Å². The molecule has 3 atom stereocenters. The van der Waals surface area contributed by atoms with Gasteiger partial charge in [-0.25, -0.2) is 0 Å². The first kappa shape index (κ1) is 16.4. The molecule has 6 heteroatoms. The maximum atomic E-state index is 11.2. The molecule has 6 nitrogen and oxygen atoms in total. The van der Waals surface area contributed by atoms with E-state index in [0.29, 0.717) is 11.7 Å². The maximum Gasteiger partial charge on any atom is 0.269 e. The first-order chi connectivity index (χ1) is 12.6. The summed E-state index contributed by atoms with van der Waals surface area (Å²) in [6.45, 7) is 0. The van der Waals surface area contributed by atoms with Crippen LogP contribution in [-0.2, 0) is 0 Å². The number of benzene rings is 2. The fourth-order valence-corrected chi connectivity index (χ4v) is 4.08. The Hall–Kier alpha value is -3.02. The normalized spacial score (nSPS) is 22.9. The standard InChI is InChI=1S/C20H20N2O4/c1-25-14-10-17-15-7-4-8-16(15)19(21-20(17)18(11-14)26-2)12-5-3-6-13(9-12)22(23)24/h3-7,9-11,15-16,19,21H,8H2,1-2H3/t15-,16-,19+/m0/s1. The van der Waals surface area contributed by atoms with Gasteiger partial charge in [0.15, 0.2) is 0 Å².